The van der Waals surface area contributed by atoms with Gasteiger partial charge in [-0.3, -0.25) is 4.79 Å². The van der Waals surface area contributed by atoms with Crippen LogP contribution in [0.2, 0.25) is 10.0 Å². The molecule has 1 fully saturated rings. The summed E-state index contributed by atoms with van der Waals surface area (Å²) in [7, 11) is 0. The van der Waals surface area contributed by atoms with E-state index in [1.165, 1.54) is 0 Å². The smallest absolute Gasteiger partial charge is 0.408 e. The van der Waals surface area contributed by atoms with Crippen molar-refractivity contribution >= 4 is 46.8 Å². The lowest BCUT2D eigenvalue weighted by molar-refractivity contribution is 0.0490. The number of hydrogen-bond donors (Lipinski definition) is 1. The van der Waals surface area contributed by atoms with Gasteiger partial charge in [0.2, 0.25) is 0 Å². The van der Waals surface area contributed by atoms with Crippen molar-refractivity contribution in [3.05, 3.63) is 63.6 Å². The van der Waals surface area contributed by atoms with Crippen molar-refractivity contribution in [2.75, 3.05) is 11.5 Å². The third kappa shape index (κ3) is 7.06. The number of hydrogen-bond acceptors (Lipinski definition) is 5. The third-order valence-electron chi connectivity index (χ3n) is 4.81. The van der Waals surface area contributed by atoms with Crippen LogP contribution in [-0.4, -0.2) is 35.1 Å². The molecular weight excluding hydrogens is 469 g/mol. The lowest BCUT2D eigenvalue weighted by atomic mass is 9.97. The Bertz CT molecular complexity index is 953. The Morgan fingerprint density at radius 3 is 2.28 bits per heavy atom. The fourth-order valence-electron chi connectivity index (χ4n) is 3.27. The van der Waals surface area contributed by atoms with Gasteiger partial charge in [-0.25, -0.2) is 4.79 Å². The number of nitrogens with one attached hydrogen (secondary N) is 1. The van der Waals surface area contributed by atoms with E-state index in [4.69, 9.17) is 32.7 Å². The molecule has 1 aliphatic rings. The standard InChI is InChI=1S/C24H27Cl2NO4S/c1-24(2,3)31-23(29)27-21(16-6-9-19(25)20(26)14-16)22(28)15-4-7-17(8-5-15)30-18-10-12-32-13-11-18/h4-9,14,18,21H,10-13H2,1-3H3,(H,27,29). The van der Waals surface area contributed by atoms with Gasteiger partial charge >= 0.3 is 6.09 Å². The van der Waals surface area contributed by atoms with Gasteiger partial charge in [0, 0.05) is 5.56 Å². The molecule has 1 aliphatic heterocycles. The number of carbonyl (C=O) groups is 2. The van der Waals surface area contributed by atoms with Gasteiger partial charge in [-0.15, -0.1) is 0 Å². The fraction of sp³-hybridized carbons (Fsp3) is 0.417. The van der Waals surface area contributed by atoms with E-state index in [0.29, 0.717) is 21.2 Å². The van der Waals surface area contributed by atoms with Crippen LogP contribution >= 0.6 is 35.0 Å². The van der Waals surface area contributed by atoms with E-state index in [2.05, 4.69) is 5.32 Å². The fourth-order valence-corrected chi connectivity index (χ4v) is 4.64. The molecule has 0 spiro atoms. The van der Waals surface area contributed by atoms with Crippen LogP contribution in [-0.2, 0) is 4.74 Å². The summed E-state index contributed by atoms with van der Waals surface area (Å²) in [6.45, 7) is 5.27. The molecular formula is C24H27Cl2NO4S. The summed E-state index contributed by atoms with van der Waals surface area (Å²) in [6.07, 6.45) is 1.54. The van der Waals surface area contributed by atoms with Crippen molar-refractivity contribution < 1.29 is 19.1 Å². The van der Waals surface area contributed by atoms with Gasteiger partial charge in [0.05, 0.1) is 10.0 Å². The Balaban J connectivity index is 1.80. The molecule has 1 heterocycles. The molecule has 0 aliphatic carbocycles. The number of benzene rings is 2. The number of halogens is 2. The van der Waals surface area contributed by atoms with Crippen LogP contribution in [0.3, 0.4) is 0 Å². The zero-order valence-corrected chi connectivity index (χ0v) is 20.7. The van der Waals surface area contributed by atoms with Crippen molar-refractivity contribution in [2.45, 2.75) is 51.4 Å². The van der Waals surface area contributed by atoms with Crippen molar-refractivity contribution in [3.8, 4) is 5.75 Å². The molecule has 1 unspecified atom stereocenters. The van der Waals surface area contributed by atoms with Crippen LogP contribution in [0.1, 0.15) is 55.6 Å². The summed E-state index contributed by atoms with van der Waals surface area (Å²) < 4.78 is 11.4. The lowest BCUT2D eigenvalue weighted by Crippen LogP contribution is -2.38. The molecule has 1 atom stereocenters. The highest BCUT2D eigenvalue weighted by Crippen LogP contribution is 2.29. The molecule has 32 heavy (non-hydrogen) atoms. The number of thioether (sulfide) groups is 1. The normalized spacial score (nSPS) is 15.7. The summed E-state index contributed by atoms with van der Waals surface area (Å²) in [4.78, 5) is 25.8. The first-order chi connectivity index (χ1) is 15.1. The van der Waals surface area contributed by atoms with Crippen molar-refractivity contribution in [1.29, 1.82) is 0 Å². The van der Waals surface area contributed by atoms with Gasteiger partial charge in [0.1, 0.15) is 23.5 Å². The Hall–Kier alpha value is -1.89. The summed E-state index contributed by atoms with van der Waals surface area (Å²) in [6, 6.07) is 10.8. The molecule has 1 amide bonds. The van der Waals surface area contributed by atoms with E-state index in [1.54, 1.807) is 63.2 Å². The minimum absolute atomic E-state index is 0.204. The number of alkyl carbamates (subject to hydrolysis) is 1. The summed E-state index contributed by atoms with van der Waals surface area (Å²) in [5.41, 5.74) is 0.241. The van der Waals surface area contributed by atoms with Crippen molar-refractivity contribution in [3.63, 3.8) is 0 Å². The maximum atomic E-state index is 13.4. The number of Topliss-reactive ketones (excluding diaryl/α,β-unsaturated/α-hetero) is 1. The predicted molar refractivity (Wildman–Crippen MR) is 130 cm³/mol. The zero-order valence-electron chi connectivity index (χ0n) is 18.3. The summed E-state index contributed by atoms with van der Waals surface area (Å²) >= 11 is 14.1. The van der Waals surface area contributed by atoms with Crippen LogP contribution in [0, 0.1) is 0 Å². The number of ketones is 1. The predicted octanol–water partition coefficient (Wildman–Crippen LogP) is 6.72. The maximum absolute atomic E-state index is 13.4. The highest BCUT2D eigenvalue weighted by Gasteiger charge is 2.27. The van der Waals surface area contributed by atoms with E-state index < -0.39 is 17.7 Å². The lowest BCUT2D eigenvalue weighted by Gasteiger charge is -2.24. The molecule has 2 aromatic rings. The Morgan fingerprint density at radius 2 is 1.69 bits per heavy atom. The van der Waals surface area contributed by atoms with Crippen LogP contribution in [0.15, 0.2) is 42.5 Å². The summed E-state index contributed by atoms with van der Waals surface area (Å²) in [5.74, 6) is 2.63. The molecule has 0 radical (unpaired) electrons. The Labute approximate surface area is 203 Å². The number of carbonyl (C=O) groups excluding carboxylic acids is 2. The number of rotatable bonds is 6. The van der Waals surface area contributed by atoms with Gasteiger partial charge in [-0.05, 0) is 87.1 Å². The first kappa shape index (κ1) is 24.7. The third-order valence-corrected chi connectivity index (χ3v) is 6.60. The van der Waals surface area contributed by atoms with E-state index >= 15 is 0 Å². The van der Waals surface area contributed by atoms with Gasteiger partial charge in [-0.1, -0.05) is 29.3 Å². The molecule has 0 bridgehead atoms. The second-order valence-corrected chi connectivity index (χ2v) is 10.6. The van der Waals surface area contributed by atoms with Gasteiger partial charge < -0.3 is 14.8 Å². The number of ether oxygens (including phenoxy) is 2. The quantitative estimate of drug-likeness (QED) is 0.450. The minimum Gasteiger partial charge on any atom is -0.490 e. The maximum Gasteiger partial charge on any atom is 0.408 e. The monoisotopic (exact) mass is 495 g/mol. The second kappa shape index (κ2) is 10.8. The van der Waals surface area contributed by atoms with E-state index in [-0.39, 0.29) is 11.9 Å². The van der Waals surface area contributed by atoms with E-state index in [0.717, 1.165) is 30.1 Å². The molecule has 1 saturated heterocycles. The molecule has 172 valence electrons. The van der Waals surface area contributed by atoms with Crippen molar-refractivity contribution in [1.82, 2.24) is 5.32 Å². The first-order valence-electron chi connectivity index (χ1n) is 10.5. The molecule has 3 rings (SSSR count). The molecule has 5 nitrogen and oxygen atoms in total. The highest BCUT2D eigenvalue weighted by atomic mass is 35.5. The van der Waals surface area contributed by atoms with Crippen LogP contribution in [0.25, 0.3) is 0 Å². The largest absolute Gasteiger partial charge is 0.490 e. The zero-order chi connectivity index (χ0) is 23.3. The second-order valence-electron chi connectivity index (χ2n) is 8.57. The SMILES string of the molecule is CC(C)(C)OC(=O)NC(C(=O)c1ccc(OC2CCSCC2)cc1)c1ccc(Cl)c(Cl)c1. The van der Waals surface area contributed by atoms with Gasteiger partial charge in [0.15, 0.2) is 5.78 Å². The molecule has 1 N–H and O–H groups in total. The molecule has 0 saturated carbocycles. The Morgan fingerprint density at radius 1 is 1.03 bits per heavy atom. The summed E-state index contributed by atoms with van der Waals surface area (Å²) in [5, 5.41) is 3.33. The average Bonchev–Trinajstić information content (AvgIpc) is 2.74. The van der Waals surface area contributed by atoms with E-state index in [1.807, 2.05) is 11.8 Å². The average molecular weight is 496 g/mol. The molecule has 0 aromatic heterocycles. The molecule has 8 heteroatoms. The van der Waals surface area contributed by atoms with Crippen LogP contribution in [0.5, 0.6) is 5.75 Å². The first-order valence-corrected chi connectivity index (χ1v) is 12.4. The van der Waals surface area contributed by atoms with Crippen molar-refractivity contribution in [2.24, 2.45) is 0 Å². The van der Waals surface area contributed by atoms with Gasteiger partial charge in [0.25, 0.3) is 0 Å². The Kier molecular flexibility index (Phi) is 8.37. The number of amides is 1. The molecule has 2 aromatic carbocycles. The topological polar surface area (TPSA) is 64.6 Å². The van der Waals surface area contributed by atoms with Crippen LogP contribution in [0.4, 0.5) is 4.79 Å². The minimum atomic E-state index is -0.984. The van der Waals surface area contributed by atoms with Crippen LogP contribution < -0.4 is 10.1 Å². The van der Waals surface area contributed by atoms with Gasteiger partial charge in [-0.2, -0.15) is 11.8 Å². The highest BCUT2D eigenvalue weighted by molar-refractivity contribution is 7.99. The van der Waals surface area contributed by atoms with E-state index in [9.17, 15) is 9.59 Å².